The Labute approximate surface area is 115 Å². The van der Waals surface area contributed by atoms with Crippen LogP contribution >= 0.6 is 0 Å². The van der Waals surface area contributed by atoms with Gasteiger partial charge in [0.05, 0.1) is 0 Å². The third-order valence-corrected chi connectivity index (χ3v) is 1.68. The molecule has 0 aliphatic rings. The first-order chi connectivity index (χ1) is 8.44. The van der Waals surface area contributed by atoms with Crippen LogP contribution in [0.15, 0.2) is 0 Å². The number of carbonyl (C=O) groups is 2. The maximum atomic E-state index is 11.9. The van der Waals surface area contributed by atoms with E-state index >= 15 is 0 Å². The van der Waals surface area contributed by atoms with Gasteiger partial charge >= 0.3 is 12.1 Å². The number of ether oxygens (including phenoxy) is 3. The molecule has 0 saturated heterocycles. The summed E-state index contributed by atoms with van der Waals surface area (Å²) in [5.41, 5.74) is -1.22. The lowest BCUT2D eigenvalue weighted by atomic mass is 10.2. The lowest BCUT2D eigenvalue weighted by Gasteiger charge is -2.27. The van der Waals surface area contributed by atoms with E-state index in [2.05, 4.69) is 0 Å². The zero-order valence-electron chi connectivity index (χ0n) is 12.9. The third kappa shape index (κ3) is 9.30. The minimum absolute atomic E-state index is 0.0336. The van der Waals surface area contributed by atoms with Crippen molar-refractivity contribution in [2.45, 2.75) is 52.7 Å². The van der Waals surface area contributed by atoms with Crippen LogP contribution in [-0.2, 0) is 19.0 Å². The molecule has 0 aromatic carbocycles. The van der Waals surface area contributed by atoms with Crippen molar-refractivity contribution in [3.8, 4) is 0 Å². The standard InChI is InChI=1S/C13H25NO5/c1-12(2,3)18-10(15)8-14(9-17-7)11(16)19-13(4,5)6/h8-9H2,1-7H3. The van der Waals surface area contributed by atoms with Crippen molar-refractivity contribution in [1.82, 2.24) is 4.90 Å². The Hall–Kier alpha value is -1.30. The Balaban J connectivity index is 4.57. The molecule has 0 radical (unpaired) electrons. The summed E-state index contributed by atoms with van der Waals surface area (Å²) in [6, 6.07) is 0. The van der Waals surface area contributed by atoms with Crippen LogP contribution in [0.1, 0.15) is 41.5 Å². The van der Waals surface area contributed by atoms with Crippen LogP contribution in [0.4, 0.5) is 4.79 Å². The van der Waals surface area contributed by atoms with E-state index in [1.165, 1.54) is 7.11 Å². The van der Waals surface area contributed by atoms with Crippen LogP contribution in [0.3, 0.4) is 0 Å². The first-order valence-electron chi connectivity index (χ1n) is 6.13. The second-order valence-corrected chi connectivity index (χ2v) is 6.18. The summed E-state index contributed by atoms with van der Waals surface area (Å²) in [6.07, 6.45) is -0.611. The van der Waals surface area contributed by atoms with Crippen LogP contribution in [0.2, 0.25) is 0 Å². The van der Waals surface area contributed by atoms with Gasteiger partial charge in [-0.2, -0.15) is 0 Å². The van der Waals surface area contributed by atoms with Crippen molar-refractivity contribution in [2.24, 2.45) is 0 Å². The van der Waals surface area contributed by atoms with Gasteiger partial charge in [-0.3, -0.25) is 9.69 Å². The molecule has 0 fully saturated rings. The molecule has 0 aromatic heterocycles. The molecule has 0 heterocycles. The number of hydrogen-bond donors (Lipinski definition) is 0. The molecule has 0 aliphatic heterocycles. The average molecular weight is 275 g/mol. The van der Waals surface area contributed by atoms with Gasteiger partial charge in [0, 0.05) is 7.11 Å². The van der Waals surface area contributed by atoms with Crippen molar-refractivity contribution in [3.05, 3.63) is 0 Å². The van der Waals surface area contributed by atoms with Crippen LogP contribution in [0.25, 0.3) is 0 Å². The molecule has 0 aliphatic carbocycles. The smallest absolute Gasteiger partial charge is 0.412 e. The van der Waals surface area contributed by atoms with Gasteiger partial charge in [0.15, 0.2) is 0 Å². The van der Waals surface area contributed by atoms with Crippen molar-refractivity contribution >= 4 is 12.1 Å². The number of methoxy groups -OCH3 is 1. The zero-order valence-corrected chi connectivity index (χ0v) is 12.9. The van der Waals surface area contributed by atoms with Gasteiger partial charge in [-0.15, -0.1) is 0 Å². The van der Waals surface area contributed by atoms with Crippen LogP contribution in [-0.4, -0.2) is 48.5 Å². The summed E-state index contributed by atoms with van der Waals surface area (Å²) in [5, 5.41) is 0. The van der Waals surface area contributed by atoms with Crippen molar-refractivity contribution in [3.63, 3.8) is 0 Å². The Morgan fingerprint density at radius 1 is 0.947 bits per heavy atom. The largest absolute Gasteiger partial charge is 0.459 e. The molecule has 6 nitrogen and oxygen atoms in total. The van der Waals surface area contributed by atoms with E-state index < -0.39 is 23.3 Å². The number of rotatable bonds is 4. The molecule has 0 saturated carbocycles. The number of esters is 1. The van der Waals surface area contributed by atoms with Crippen LogP contribution in [0.5, 0.6) is 0 Å². The minimum atomic E-state index is -0.628. The van der Waals surface area contributed by atoms with Crippen LogP contribution < -0.4 is 0 Å². The Bertz CT molecular complexity index is 314. The fourth-order valence-corrected chi connectivity index (χ4v) is 1.17. The van der Waals surface area contributed by atoms with Gasteiger partial charge in [-0.1, -0.05) is 0 Å². The van der Waals surface area contributed by atoms with E-state index in [-0.39, 0.29) is 13.3 Å². The van der Waals surface area contributed by atoms with E-state index in [0.29, 0.717) is 0 Å². The molecule has 0 bridgehead atoms. The number of carbonyl (C=O) groups excluding carboxylic acids is 2. The van der Waals surface area contributed by atoms with Gasteiger partial charge < -0.3 is 14.2 Å². The Morgan fingerprint density at radius 2 is 1.42 bits per heavy atom. The molecule has 19 heavy (non-hydrogen) atoms. The predicted octanol–water partition coefficient (Wildman–Crippen LogP) is 2.17. The first kappa shape index (κ1) is 17.7. The normalized spacial score (nSPS) is 11.9. The molecule has 112 valence electrons. The van der Waals surface area contributed by atoms with Crippen LogP contribution in [0, 0.1) is 0 Å². The second-order valence-electron chi connectivity index (χ2n) is 6.18. The Kier molecular flexibility index (Phi) is 6.29. The SMILES string of the molecule is COCN(CC(=O)OC(C)(C)C)C(=O)OC(C)(C)C. The maximum Gasteiger partial charge on any atom is 0.412 e. The summed E-state index contributed by atoms with van der Waals surface area (Å²) in [5.74, 6) is -0.504. The lowest BCUT2D eigenvalue weighted by molar-refractivity contribution is -0.157. The maximum absolute atomic E-state index is 11.9. The molecule has 0 spiro atoms. The number of amides is 1. The molecule has 6 heteroatoms. The average Bonchev–Trinajstić information content (AvgIpc) is 2.10. The first-order valence-corrected chi connectivity index (χ1v) is 6.13. The molecule has 1 amide bonds. The van der Waals surface area contributed by atoms with Crippen molar-refractivity contribution in [2.75, 3.05) is 20.4 Å². The van der Waals surface area contributed by atoms with E-state index in [0.717, 1.165) is 4.90 Å². The van der Waals surface area contributed by atoms with Gasteiger partial charge in [-0.25, -0.2) is 4.79 Å². The fraction of sp³-hybridized carbons (Fsp3) is 0.846. The summed E-state index contributed by atoms with van der Waals surface area (Å²) in [4.78, 5) is 24.7. The van der Waals surface area contributed by atoms with Gasteiger partial charge in [-0.05, 0) is 41.5 Å². The molecular weight excluding hydrogens is 250 g/mol. The fourth-order valence-electron chi connectivity index (χ4n) is 1.17. The summed E-state index contributed by atoms with van der Waals surface area (Å²) in [7, 11) is 1.44. The molecule has 0 N–H and O–H groups in total. The third-order valence-electron chi connectivity index (χ3n) is 1.68. The van der Waals surface area contributed by atoms with Crippen molar-refractivity contribution < 1.29 is 23.8 Å². The molecule has 0 unspecified atom stereocenters. The van der Waals surface area contributed by atoms with Gasteiger partial charge in [0.25, 0.3) is 0 Å². The molecule has 0 atom stereocenters. The monoisotopic (exact) mass is 275 g/mol. The van der Waals surface area contributed by atoms with E-state index in [1.807, 2.05) is 0 Å². The highest BCUT2D eigenvalue weighted by molar-refractivity contribution is 5.78. The molecular formula is C13H25NO5. The lowest BCUT2D eigenvalue weighted by Crippen LogP contribution is -2.42. The highest BCUT2D eigenvalue weighted by Gasteiger charge is 2.26. The van der Waals surface area contributed by atoms with Gasteiger partial charge in [0.2, 0.25) is 0 Å². The summed E-state index contributed by atoms with van der Waals surface area (Å²) in [6.45, 7) is 10.3. The van der Waals surface area contributed by atoms with Gasteiger partial charge in [0.1, 0.15) is 24.5 Å². The Morgan fingerprint density at radius 3 is 1.79 bits per heavy atom. The molecule has 0 rings (SSSR count). The number of nitrogens with zero attached hydrogens (tertiary/aromatic N) is 1. The zero-order chi connectivity index (χ0) is 15.3. The number of hydrogen-bond acceptors (Lipinski definition) is 5. The topological polar surface area (TPSA) is 65.1 Å². The van der Waals surface area contributed by atoms with E-state index in [4.69, 9.17) is 14.2 Å². The van der Waals surface area contributed by atoms with E-state index in [9.17, 15) is 9.59 Å². The van der Waals surface area contributed by atoms with E-state index in [1.54, 1.807) is 41.5 Å². The summed E-state index contributed by atoms with van der Waals surface area (Å²) >= 11 is 0. The quantitative estimate of drug-likeness (QED) is 0.581. The molecule has 0 aromatic rings. The highest BCUT2D eigenvalue weighted by Crippen LogP contribution is 2.11. The summed E-state index contributed by atoms with van der Waals surface area (Å²) < 4.78 is 15.2. The minimum Gasteiger partial charge on any atom is -0.459 e. The highest BCUT2D eigenvalue weighted by atomic mass is 16.6. The second kappa shape index (κ2) is 6.75. The van der Waals surface area contributed by atoms with Crippen molar-refractivity contribution in [1.29, 1.82) is 0 Å². The predicted molar refractivity (Wildman–Crippen MR) is 70.7 cm³/mol.